The van der Waals surface area contributed by atoms with E-state index in [9.17, 15) is 34.8 Å². The lowest BCUT2D eigenvalue weighted by molar-refractivity contribution is -0.147. The van der Waals surface area contributed by atoms with Crippen LogP contribution in [-0.4, -0.2) is 43.5 Å². The Morgan fingerprint density at radius 3 is 2.47 bits per heavy atom. The molecule has 36 heavy (non-hydrogen) atoms. The molecule has 0 aliphatic heterocycles. The quantitative estimate of drug-likeness (QED) is 0.414. The van der Waals surface area contributed by atoms with Crippen LogP contribution in [0, 0.1) is 11.8 Å². The van der Waals surface area contributed by atoms with Crippen molar-refractivity contribution >= 4 is 23.2 Å². The van der Waals surface area contributed by atoms with Crippen LogP contribution in [0.5, 0.6) is 5.75 Å². The predicted molar refractivity (Wildman–Crippen MR) is 131 cm³/mol. The molecule has 3 aliphatic rings. The van der Waals surface area contributed by atoms with Crippen molar-refractivity contribution in [3.63, 3.8) is 0 Å². The number of aliphatic hydroxyl groups is 3. The Labute approximate surface area is 207 Å². The second-order valence-corrected chi connectivity index (χ2v) is 10.2. The van der Waals surface area contributed by atoms with Gasteiger partial charge in [-0.05, 0) is 53.0 Å². The van der Waals surface area contributed by atoms with Crippen LogP contribution < -0.4 is 5.73 Å². The molecule has 6 N–H and O–H groups in total. The van der Waals surface area contributed by atoms with Crippen LogP contribution >= 0.6 is 0 Å². The van der Waals surface area contributed by atoms with Gasteiger partial charge in [0.15, 0.2) is 11.4 Å². The third-order valence-corrected chi connectivity index (χ3v) is 7.81. The van der Waals surface area contributed by atoms with E-state index in [1.807, 2.05) is 24.3 Å². The Morgan fingerprint density at radius 2 is 1.81 bits per heavy atom. The van der Waals surface area contributed by atoms with Crippen LogP contribution in [0.4, 0.5) is 0 Å². The number of carbonyl (C=O) groups excluding carboxylic acids is 3. The van der Waals surface area contributed by atoms with Gasteiger partial charge in [-0.1, -0.05) is 44.2 Å². The summed E-state index contributed by atoms with van der Waals surface area (Å²) < 4.78 is 0. The van der Waals surface area contributed by atoms with Crippen molar-refractivity contribution in [2.75, 3.05) is 0 Å². The highest BCUT2D eigenvalue weighted by molar-refractivity contribution is 6.22. The Hall–Kier alpha value is -3.91. The molecular formula is C28H27NO7. The minimum absolute atomic E-state index is 0.0922. The molecule has 3 atom stereocenters. The third kappa shape index (κ3) is 3.21. The van der Waals surface area contributed by atoms with Crippen molar-refractivity contribution < 1.29 is 34.8 Å². The summed E-state index contributed by atoms with van der Waals surface area (Å²) in [7, 11) is 0. The van der Waals surface area contributed by atoms with E-state index in [2.05, 4.69) is 13.8 Å². The van der Waals surface area contributed by atoms with Crippen molar-refractivity contribution in [3.8, 4) is 16.9 Å². The normalized spacial score (nSPS) is 25.6. The number of benzene rings is 2. The van der Waals surface area contributed by atoms with Gasteiger partial charge in [0.1, 0.15) is 22.8 Å². The first-order chi connectivity index (χ1) is 17.0. The number of hydrogen-bond donors (Lipinski definition) is 5. The molecule has 0 spiro atoms. The van der Waals surface area contributed by atoms with Gasteiger partial charge in [0.05, 0.1) is 5.56 Å². The molecule has 186 valence electrons. The van der Waals surface area contributed by atoms with E-state index in [-0.39, 0.29) is 36.1 Å². The van der Waals surface area contributed by atoms with Crippen LogP contribution in [0.2, 0.25) is 0 Å². The smallest absolute Gasteiger partial charge is 0.255 e. The summed E-state index contributed by atoms with van der Waals surface area (Å²) in [6.45, 7) is 4.17. The summed E-state index contributed by atoms with van der Waals surface area (Å²) in [5.74, 6) is -6.03. The van der Waals surface area contributed by atoms with E-state index in [0.717, 1.165) is 16.7 Å². The first kappa shape index (κ1) is 23.8. The van der Waals surface area contributed by atoms with E-state index in [4.69, 9.17) is 5.73 Å². The standard InChI is InChI=1S/C28H27NO7/c1-12(2)13-4-3-5-14(8-13)17-6-7-19(30)22-18(17)10-15-9-16-11-20(31)23(27(29)35)26(34)28(16,36)25(33)21(15)24(22)32/h3-8,12,15-16,30,32,34,36H,9-11H2,1-2H3,(H2,29,35). The first-order valence-corrected chi connectivity index (χ1v) is 11.9. The number of fused-ring (bicyclic) bond motifs is 3. The van der Waals surface area contributed by atoms with Crippen molar-refractivity contribution in [1.82, 2.24) is 0 Å². The molecular weight excluding hydrogens is 462 g/mol. The predicted octanol–water partition coefficient (Wildman–Crippen LogP) is 3.21. The number of carbonyl (C=O) groups is 3. The molecule has 3 aliphatic carbocycles. The number of primary amides is 1. The summed E-state index contributed by atoms with van der Waals surface area (Å²) in [5.41, 5.74) is 5.28. The van der Waals surface area contributed by atoms with E-state index in [1.54, 1.807) is 6.07 Å². The first-order valence-electron chi connectivity index (χ1n) is 11.9. The lowest BCUT2D eigenvalue weighted by Gasteiger charge is -2.46. The van der Waals surface area contributed by atoms with E-state index < -0.39 is 52.0 Å². The van der Waals surface area contributed by atoms with Gasteiger partial charge < -0.3 is 26.2 Å². The maximum absolute atomic E-state index is 13.6. The minimum Gasteiger partial charge on any atom is -0.508 e. The van der Waals surface area contributed by atoms with Crippen LogP contribution in [0.25, 0.3) is 16.9 Å². The molecule has 1 fully saturated rings. The highest BCUT2D eigenvalue weighted by atomic mass is 16.3. The fourth-order valence-electron chi connectivity index (χ4n) is 5.96. The topological polar surface area (TPSA) is 158 Å². The highest BCUT2D eigenvalue weighted by Crippen LogP contribution is 2.53. The number of amides is 1. The van der Waals surface area contributed by atoms with Crippen molar-refractivity contribution in [3.05, 3.63) is 70.0 Å². The number of rotatable bonds is 3. The van der Waals surface area contributed by atoms with Crippen LogP contribution in [0.15, 0.2) is 53.3 Å². The Balaban J connectivity index is 1.69. The molecule has 8 nitrogen and oxygen atoms in total. The second-order valence-electron chi connectivity index (χ2n) is 10.2. The largest absolute Gasteiger partial charge is 0.508 e. The Bertz CT molecular complexity index is 1420. The lowest BCUT2D eigenvalue weighted by atomic mass is 9.59. The summed E-state index contributed by atoms with van der Waals surface area (Å²) in [6.07, 6.45) is 0.0272. The number of ketones is 2. The number of phenols is 1. The molecule has 2 aromatic carbocycles. The SMILES string of the molecule is CC(C)c1cccc(-c2ccc(O)c3c2CC2CC4CC(=O)C(C(N)=O)=C(O)C4(O)C(=O)C2=C3O)c1. The molecule has 8 heteroatoms. The van der Waals surface area contributed by atoms with Gasteiger partial charge in [-0.15, -0.1) is 0 Å². The number of aromatic hydroxyl groups is 1. The van der Waals surface area contributed by atoms with Crippen LogP contribution in [0.1, 0.15) is 49.3 Å². The molecule has 0 heterocycles. The van der Waals surface area contributed by atoms with Crippen molar-refractivity contribution in [2.24, 2.45) is 17.6 Å². The van der Waals surface area contributed by atoms with Gasteiger partial charge >= 0.3 is 0 Å². The molecule has 5 rings (SSSR count). The molecule has 0 radical (unpaired) electrons. The Kier molecular flexibility index (Phi) is 5.33. The molecule has 2 aromatic rings. The maximum Gasteiger partial charge on any atom is 0.255 e. The van der Waals surface area contributed by atoms with Crippen molar-refractivity contribution in [2.45, 2.75) is 44.6 Å². The maximum atomic E-state index is 13.6. The van der Waals surface area contributed by atoms with Gasteiger partial charge in [0, 0.05) is 17.9 Å². The highest BCUT2D eigenvalue weighted by Gasteiger charge is 2.60. The fraction of sp³-hybridized carbons (Fsp3) is 0.321. The lowest BCUT2D eigenvalue weighted by Crippen LogP contribution is -2.58. The van der Waals surface area contributed by atoms with Crippen LogP contribution in [0.3, 0.4) is 0 Å². The number of aliphatic hydroxyl groups excluding tert-OH is 2. The number of phenolic OH excluding ortho intramolecular Hbond substituents is 1. The molecule has 0 aromatic heterocycles. The van der Waals surface area contributed by atoms with E-state index in [1.165, 1.54) is 6.07 Å². The molecule has 0 bridgehead atoms. The molecule has 3 unspecified atom stereocenters. The van der Waals surface area contributed by atoms with Gasteiger partial charge in [0.2, 0.25) is 5.78 Å². The zero-order chi connectivity index (χ0) is 26.1. The van der Waals surface area contributed by atoms with Gasteiger partial charge in [-0.25, -0.2) is 0 Å². The monoisotopic (exact) mass is 489 g/mol. The van der Waals surface area contributed by atoms with Crippen molar-refractivity contribution in [1.29, 1.82) is 0 Å². The molecule has 0 saturated heterocycles. The van der Waals surface area contributed by atoms with Gasteiger partial charge in [-0.2, -0.15) is 0 Å². The fourth-order valence-corrected chi connectivity index (χ4v) is 5.96. The number of hydrogen-bond acceptors (Lipinski definition) is 7. The number of Topliss-reactive ketones (excluding diaryl/α,β-unsaturated/α-hetero) is 2. The summed E-state index contributed by atoms with van der Waals surface area (Å²) >= 11 is 0. The van der Waals surface area contributed by atoms with Gasteiger partial charge in [0.25, 0.3) is 5.91 Å². The summed E-state index contributed by atoms with van der Waals surface area (Å²) in [6, 6.07) is 11.2. The molecule has 1 amide bonds. The minimum atomic E-state index is -2.56. The van der Waals surface area contributed by atoms with E-state index >= 15 is 0 Å². The van der Waals surface area contributed by atoms with Crippen LogP contribution in [-0.2, 0) is 20.8 Å². The van der Waals surface area contributed by atoms with E-state index in [0.29, 0.717) is 11.5 Å². The second kappa shape index (κ2) is 8.06. The third-order valence-electron chi connectivity index (χ3n) is 7.81. The summed E-state index contributed by atoms with van der Waals surface area (Å²) in [5, 5.41) is 43.9. The van der Waals surface area contributed by atoms with Gasteiger partial charge in [-0.3, -0.25) is 14.4 Å². The Morgan fingerprint density at radius 1 is 1.08 bits per heavy atom. The average molecular weight is 490 g/mol. The zero-order valence-corrected chi connectivity index (χ0v) is 19.9. The average Bonchev–Trinajstić information content (AvgIpc) is 2.81. The summed E-state index contributed by atoms with van der Waals surface area (Å²) in [4.78, 5) is 37.9. The molecule has 1 saturated carbocycles. The zero-order valence-electron chi connectivity index (χ0n) is 19.9. The number of nitrogens with two attached hydrogens (primary N) is 1.